The minimum absolute atomic E-state index is 0.245. The van der Waals surface area contributed by atoms with Gasteiger partial charge in [0.15, 0.2) is 0 Å². The number of benzene rings is 1. The van der Waals surface area contributed by atoms with Crippen molar-refractivity contribution < 1.29 is 9.53 Å². The number of ether oxygens (including phenoxy) is 1. The van der Waals surface area contributed by atoms with E-state index in [0.29, 0.717) is 49.5 Å². The Labute approximate surface area is 164 Å². The largest absolute Gasteiger partial charge is 0.495 e. The average molecular weight is 407 g/mol. The number of aryl methyl sites for hydroxylation is 1. The molecular formula is C18H19ClN4O3S. The molecule has 9 heteroatoms. The number of anilines is 1. The molecule has 27 heavy (non-hydrogen) atoms. The molecule has 142 valence electrons. The van der Waals surface area contributed by atoms with E-state index in [2.05, 4.69) is 15.3 Å². The van der Waals surface area contributed by atoms with Crippen molar-refractivity contribution in [2.75, 3.05) is 26.5 Å². The monoisotopic (exact) mass is 406 g/mol. The Morgan fingerprint density at radius 3 is 2.81 bits per heavy atom. The zero-order chi connectivity index (χ0) is 19.7. The minimum Gasteiger partial charge on any atom is -0.495 e. The Morgan fingerprint density at radius 1 is 1.41 bits per heavy atom. The molecule has 0 fully saturated rings. The molecule has 1 amide bonds. The van der Waals surface area contributed by atoms with Gasteiger partial charge < -0.3 is 19.9 Å². The number of amides is 1. The molecule has 0 atom stereocenters. The van der Waals surface area contributed by atoms with Crippen LogP contribution < -0.4 is 15.6 Å². The van der Waals surface area contributed by atoms with Crippen LogP contribution in [0.5, 0.6) is 5.75 Å². The summed E-state index contributed by atoms with van der Waals surface area (Å²) in [7, 11) is 5.29. The maximum Gasteiger partial charge on any atom is 0.266 e. The van der Waals surface area contributed by atoms with Crippen LogP contribution in [0.4, 0.5) is 5.69 Å². The molecule has 0 aliphatic heterocycles. The first-order chi connectivity index (χ1) is 12.8. The number of nitrogens with one attached hydrogen (secondary N) is 2. The molecule has 3 aromatic rings. The molecule has 0 bridgehead atoms. The van der Waals surface area contributed by atoms with E-state index in [-0.39, 0.29) is 11.5 Å². The first-order valence-electron chi connectivity index (χ1n) is 8.12. The standard InChI is InChI=1S/C18H19ClN4O3S/c1-9-14-16(24)21-13(8-23(2)3)22-18(14)27-15(9)17(25)20-11-7-10(19)5-6-12(11)26-4/h5-7H,8H2,1-4H3,(H,20,25)(H,21,22,24). The van der Waals surface area contributed by atoms with Gasteiger partial charge in [-0.15, -0.1) is 11.3 Å². The molecule has 2 N–H and O–H groups in total. The van der Waals surface area contributed by atoms with Crippen LogP contribution in [-0.2, 0) is 6.54 Å². The van der Waals surface area contributed by atoms with Gasteiger partial charge >= 0.3 is 0 Å². The Morgan fingerprint density at radius 2 is 2.15 bits per heavy atom. The Balaban J connectivity index is 2.00. The predicted molar refractivity (Wildman–Crippen MR) is 108 cm³/mol. The molecule has 2 aromatic heterocycles. The van der Waals surface area contributed by atoms with Crippen molar-refractivity contribution >= 4 is 44.7 Å². The van der Waals surface area contributed by atoms with E-state index < -0.39 is 0 Å². The number of carbonyl (C=O) groups excluding carboxylic acids is 1. The van der Waals surface area contributed by atoms with Crippen molar-refractivity contribution in [1.82, 2.24) is 14.9 Å². The Bertz CT molecular complexity index is 1070. The average Bonchev–Trinajstić information content (AvgIpc) is 2.91. The maximum atomic E-state index is 12.8. The minimum atomic E-state index is -0.343. The lowest BCUT2D eigenvalue weighted by Crippen LogP contribution is -2.18. The molecule has 0 radical (unpaired) electrons. The molecule has 2 heterocycles. The first-order valence-corrected chi connectivity index (χ1v) is 9.31. The molecular weight excluding hydrogens is 388 g/mol. The van der Waals surface area contributed by atoms with Gasteiger partial charge in [-0.3, -0.25) is 9.59 Å². The molecule has 0 saturated heterocycles. The summed E-state index contributed by atoms with van der Waals surface area (Å²) in [5.74, 6) is 0.711. The van der Waals surface area contributed by atoms with Gasteiger partial charge in [0.2, 0.25) is 0 Å². The molecule has 0 aliphatic carbocycles. The molecule has 1 aromatic carbocycles. The number of hydrogen-bond acceptors (Lipinski definition) is 6. The number of aromatic nitrogens is 2. The van der Waals surface area contributed by atoms with Crippen LogP contribution in [0.2, 0.25) is 5.02 Å². The van der Waals surface area contributed by atoms with Crippen LogP contribution in [-0.4, -0.2) is 42.0 Å². The quantitative estimate of drug-likeness (QED) is 0.679. The molecule has 0 aliphatic rings. The third-order valence-electron chi connectivity index (χ3n) is 3.93. The van der Waals surface area contributed by atoms with Gasteiger partial charge in [-0.05, 0) is 44.8 Å². The normalized spacial score (nSPS) is 11.2. The van der Waals surface area contributed by atoms with Crippen LogP contribution in [0.15, 0.2) is 23.0 Å². The summed E-state index contributed by atoms with van der Waals surface area (Å²) < 4.78 is 5.26. The molecule has 0 spiro atoms. The van der Waals surface area contributed by atoms with Crippen LogP contribution in [0.3, 0.4) is 0 Å². The molecule has 7 nitrogen and oxygen atoms in total. The highest BCUT2D eigenvalue weighted by Gasteiger charge is 2.20. The maximum absolute atomic E-state index is 12.8. The predicted octanol–water partition coefficient (Wildman–Crippen LogP) is 3.27. The summed E-state index contributed by atoms with van der Waals surface area (Å²) in [4.78, 5) is 35.4. The van der Waals surface area contributed by atoms with Gasteiger partial charge in [0, 0.05) is 5.02 Å². The lowest BCUT2D eigenvalue weighted by molar-refractivity contribution is 0.102. The third kappa shape index (κ3) is 3.97. The highest BCUT2D eigenvalue weighted by molar-refractivity contribution is 7.20. The van der Waals surface area contributed by atoms with Crippen LogP contribution in [0, 0.1) is 6.92 Å². The topological polar surface area (TPSA) is 87.3 Å². The van der Waals surface area contributed by atoms with E-state index >= 15 is 0 Å². The van der Waals surface area contributed by atoms with Crippen molar-refractivity contribution in [3.63, 3.8) is 0 Å². The number of aromatic amines is 1. The van der Waals surface area contributed by atoms with Crippen LogP contribution in [0.25, 0.3) is 10.2 Å². The van der Waals surface area contributed by atoms with E-state index in [4.69, 9.17) is 16.3 Å². The van der Waals surface area contributed by atoms with Gasteiger partial charge in [0.1, 0.15) is 16.4 Å². The summed E-state index contributed by atoms with van der Waals surface area (Å²) in [6, 6.07) is 4.97. The molecule has 0 saturated carbocycles. The summed E-state index contributed by atoms with van der Waals surface area (Å²) >= 11 is 7.20. The van der Waals surface area contributed by atoms with E-state index in [1.165, 1.54) is 18.4 Å². The van der Waals surface area contributed by atoms with Gasteiger partial charge in [-0.2, -0.15) is 0 Å². The molecule has 3 rings (SSSR count). The van der Waals surface area contributed by atoms with Crippen molar-refractivity contribution in [2.45, 2.75) is 13.5 Å². The fourth-order valence-corrected chi connectivity index (χ4v) is 4.00. The van der Waals surface area contributed by atoms with Crippen molar-refractivity contribution in [2.24, 2.45) is 0 Å². The van der Waals surface area contributed by atoms with Crippen molar-refractivity contribution in [1.29, 1.82) is 0 Å². The number of carbonyl (C=O) groups is 1. The second-order valence-corrected chi connectivity index (χ2v) is 7.72. The Hall–Kier alpha value is -2.42. The summed E-state index contributed by atoms with van der Waals surface area (Å²) in [5, 5.41) is 3.71. The number of hydrogen-bond donors (Lipinski definition) is 2. The van der Waals surface area contributed by atoms with Gasteiger partial charge in [-0.1, -0.05) is 11.6 Å². The van der Waals surface area contributed by atoms with E-state index in [9.17, 15) is 9.59 Å². The second kappa shape index (κ2) is 7.67. The third-order valence-corrected chi connectivity index (χ3v) is 5.35. The fraction of sp³-hybridized carbons (Fsp3) is 0.278. The second-order valence-electron chi connectivity index (χ2n) is 6.29. The van der Waals surface area contributed by atoms with Gasteiger partial charge in [-0.25, -0.2) is 4.98 Å². The number of thiophene rings is 1. The van der Waals surface area contributed by atoms with Crippen LogP contribution >= 0.6 is 22.9 Å². The Kier molecular flexibility index (Phi) is 5.50. The number of H-pyrrole nitrogens is 1. The lowest BCUT2D eigenvalue weighted by Gasteiger charge is -2.10. The van der Waals surface area contributed by atoms with E-state index in [0.717, 1.165) is 0 Å². The summed E-state index contributed by atoms with van der Waals surface area (Å²) in [6.07, 6.45) is 0. The van der Waals surface area contributed by atoms with Gasteiger partial charge in [0.05, 0.1) is 29.6 Å². The number of fused-ring (bicyclic) bond motifs is 1. The van der Waals surface area contributed by atoms with Crippen LogP contribution in [0.1, 0.15) is 21.1 Å². The number of halogens is 1. The number of nitrogens with zero attached hydrogens (tertiary/aromatic N) is 2. The SMILES string of the molecule is COc1ccc(Cl)cc1NC(=O)c1sc2nc(CN(C)C)[nH]c(=O)c2c1C. The highest BCUT2D eigenvalue weighted by atomic mass is 35.5. The van der Waals surface area contributed by atoms with E-state index in [1.54, 1.807) is 25.1 Å². The van der Waals surface area contributed by atoms with Gasteiger partial charge in [0.25, 0.3) is 11.5 Å². The zero-order valence-corrected chi connectivity index (χ0v) is 16.9. The highest BCUT2D eigenvalue weighted by Crippen LogP contribution is 2.31. The fourth-order valence-electron chi connectivity index (χ4n) is 2.74. The summed E-state index contributed by atoms with van der Waals surface area (Å²) in [6.45, 7) is 2.24. The number of methoxy groups -OCH3 is 1. The van der Waals surface area contributed by atoms with E-state index in [1.807, 2.05) is 19.0 Å². The zero-order valence-electron chi connectivity index (χ0n) is 15.3. The molecule has 0 unspecified atom stereocenters. The smallest absolute Gasteiger partial charge is 0.266 e. The lowest BCUT2D eigenvalue weighted by atomic mass is 10.2. The van der Waals surface area contributed by atoms with Crippen molar-refractivity contribution in [3.8, 4) is 5.75 Å². The number of rotatable bonds is 5. The first kappa shape index (κ1) is 19.3. The van der Waals surface area contributed by atoms with Crippen molar-refractivity contribution in [3.05, 3.63) is 49.8 Å². The summed E-state index contributed by atoms with van der Waals surface area (Å²) in [5.41, 5.74) is 0.811.